The molecule has 0 radical (unpaired) electrons. The van der Waals surface area contributed by atoms with E-state index in [4.69, 9.17) is 4.74 Å². The van der Waals surface area contributed by atoms with E-state index in [-0.39, 0.29) is 17.6 Å². The SMILES string of the molecule is C[C@@H]1CN(c2ccc(C#N)c3ncccc23)C[C@H](C(=O)N2CCC3(CCCN3)C2)O1. The van der Waals surface area contributed by atoms with Crippen LogP contribution in [0.1, 0.15) is 31.7 Å². The first kappa shape index (κ1) is 19.3. The molecule has 30 heavy (non-hydrogen) atoms. The fourth-order valence-electron chi connectivity index (χ4n) is 5.29. The maximum atomic E-state index is 13.3. The zero-order valence-corrected chi connectivity index (χ0v) is 17.3. The molecule has 0 bridgehead atoms. The predicted molar refractivity (Wildman–Crippen MR) is 114 cm³/mol. The number of fused-ring (bicyclic) bond motifs is 1. The van der Waals surface area contributed by atoms with E-state index in [9.17, 15) is 10.1 Å². The van der Waals surface area contributed by atoms with Crippen molar-refractivity contribution in [3.8, 4) is 6.07 Å². The number of nitriles is 1. The van der Waals surface area contributed by atoms with Crippen LogP contribution in [0.4, 0.5) is 5.69 Å². The third-order valence-electron chi connectivity index (χ3n) is 6.74. The summed E-state index contributed by atoms with van der Waals surface area (Å²) in [5, 5.41) is 14.0. The number of morpholine rings is 1. The molecule has 4 heterocycles. The normalized spacial score (nSPS) is 28.9. The van der Waals surface area contributed by atoms with E-state index >= 15 is 0 Å². The second-order valence-electron chi connectivity index (χ2n) is 8.80. The highest BCUT2D eigenvalue weighted by molar-refractivity contribution is 5.95. The van der Waals surface area contributed by atoms with Gasteiger partial charge in [0.25, 0.3) is 5.91 Å². The van der Waals surface area contributed by atoms with Gasteiger partial charge >= 0.3 is 0 Å². The van der Waals surface area contributed by atoms with Crippen molar-refractivity contribution in [2.24, 2.45) is 0 Å². The van der Waals surface area contributed by atoms with Gasteiger partial charge in [0.15, 0.2) is 6.10 Å². The van der Waals surface area contributed by atoms with Crippen LogP contribution in [0.3, 0.4) is 0 Å². The van der Waals surface area contributed by atoms with Crippen LogP contribution in [-0.4, -0.2) is 66.3 Å². The lowest BCUT2D eigenvalue weighted by molar-refractivity contribution is -0.147. The second kappa shape index (κ2) is 7.53. The van der Waals surface area contributed by atoms with Gasteiger partial charge in [0.1, 0.15) is 6.07 Å². The van der Waals surface area contributed by atoms with Gasteiger partial charge in [-0.15, -0.1) is 0 Å². The van der Waals surface area contributed by atoms with Gasteiger partial charge < -0.3 is 19.9 Å². The molecule has 1 amide bonds. The van der Waals surface area contributed by atoms with Gasteiger partial charge in [-0.05, 0) is 57.0 Å². The number of hydrogen-bond acceptors (Lipinski definition) is 6. The minimum Gasteiger partial charge on any atom is -0.365 e. The zero-order chi connectivity index (χ0) is 20.7. The van der Waals surface area contributed by atoms with Crippen molar-refractivity contribution in [1.29, 1.82) is 5.26 Å². The highest BCUT2D eigenvalue weighted by Crippen LogP contribution is 2.33. The average molecular weight is 406 g/mol. The van der Waals surface area contributed by atoms with E-state index in [2.05, 4.69) is 21.3 Å². The molecular weight excluding hydrogens is 378 g/mol. The van der Waals surface area contributed by atoms with Crippen LogP contribution in [-0.2, 0) is 9.53 Å². The lowest BCUT2D eigenvalue weighted by Gasteiger charge is -2.39. The number of rotatable bonds is 2. The van der Waals surface area contributed by atoms with Crippen LogP contribution in [0.2, 0.25) is 0 Å². The van der Waals surface area contributed by atoms with Crippen LogP contribution in [0.15, 0.2) is 30.5 Å². The number of carbonyl (C=O) groups excluding carboxylic acids is 1. The summed E-state index contributed by atoms with van der Waals surface area (Å²) >= 11 is 0. The highest BCUT2D eigenvalue weighted by atomic mass is 16.5. The second-order valence-corrected chi connectivity index (χ2v) is 8.80. The van der Waals surface area contributed by atoms with Crippen LogP contribution in [0.25, 0.3) is 10.9 Å². The van der Waals surface area contributed by atoms with Crippen LogP contribution < -0.4 is 10.2 Å². The number of hydrogen-bond donors (Lipinski definition) is 1. The number of benzene rings is 1. The highest BCUT2D eigenvalue weighted by Gasteiger charge is 2.44. The van der Waals surface area contributed by atoms with Gasteiger partial charge in [0.2, 0.25) is 0 Å². The lowest BCUT2D eigenvalue weighted by Crippen LogP contribution is -2.54. The summed E-state index contributed by atoms with van der Waals surface area (Å²) in [5.41, 5.74) is 2.38. The fraction of sp³-hybridized carbons (Fsp3) is 0.522. The predicted octanol–water partition coefficient (Wildman–Crippen LogP) is 2.05. The molecule has 1 N–H and O–H groups in total. The van der Waals surface area contributed by atoms with Crippen LogP contribution in [0.5, 0.6) is 0 Å². The summed E-state index contributed by atoms with van der Waals surface area (Å²) in [5.74, 6) is 0.0909. The molecule has 7 heteroatoms. The Morgan fingerprint density at radius 3 is 3.03 bits per heavy atom. The standard InChI is InChI=1S/C23H27N5O2/c1-16-13-28(19-6-5-17(12-24)21-18(19)4-2-9-25-21)14-20(30-16)22(29)27-11-8-23(15-27)7-3-10-26-23/h2,4-6,9,16,20,26H,3,7-8,10-11,13-15H2,1H3/t16-,20-,23?/m1/s1. The molecule has 2 aromatic rings. The quantitative estimate of drug-likeness (QED) is 0.824. The summed E-state index contributed by atoms with van der Waals surface area (Å²) in [6.07, 6.45) is 4.53. The number of pyridine rings is 1. The molecule has 3 aliphatic rings. The molecule has 5 rings (SSSR count). The Bertz CT molecular complexity index is 1010. The average Bonchev–Trinajstić information content (AvgIpc) is 3.41. The van der Waals surface area contributed by atoms with Crippen molar-refractivity contribution in [1.82, 2.24) is 15.2 Å². The smallest absolute Gasteiger partial charge is 0.253 e. The molecule has 1 aromatic carbocycles. The number of anilines is 1. The van der Waals surface area contributed by atoms with Crippen molar-refractivity contribution in [3.63, 3.8) is 0 Å². The molecule has 156 valence electrons. The minimum atomic E-state index is -0.479. The van der Waals surface area contributed by atoms with E-state index in [0.717, 1.165) is 43.5 Å². The summed E-state index contributed by atoms with van der Waals surface area (Å²) < 4.78 is 6.10. The molecule has 1 unspecified atom stereocenters. The number of likely N-dealkylation sites (tertiary alicyclic amines) is 1. The Labute approximate surface area is 176 Å². The van der Waals surface area contributed by atoms with E-state index < -0.39 is 6.10 Å². The Balaban J connectivity index is 1.39. The number of nitrogens with one attached hydrogen (secondary N) is 1. The van der Waals surface area contributed by atoms with Gasteiger partial charge in [0, 0.05) is 42.4 Å². The van der Waals surface area contributed by atoms with Crippen molar-refractivity contribution < 1.29 is 9.53 Å². The molecule has 1 aromatic heterocycles. The summed E-state index contributed by atoms with van der Waals surface area (Å²) in [7, 11) is 0. The summed E-state index contributed by atoms with van der Waals surface area (Å²) in [6.45, 7) is 5.85. The molecule has 7 nitrogen and oxygen atoms in total. The van der Waals surface area contributed by atoms with Crippen LogP contribution in [0, 0.1) is 11.3 Å². The summed E-state index contributed by atoms with van der Waals surface area (Å²) in [4.78, 5) is 21.9. The largest absolute Gasteiger partial charge is 0.365 e. The van der Waals surface area contributed by atoms with E-state index in [1.165, 1.54) is 6.42 Å². The van der Waals surface area contributed by atoms with Crippen molar-refractivity contribution >= 4 is 22.5 Å². The minimum absolute atomic E-state index is 0.0590. The van der Waals surface area contributed by atoms with Gasteiger partial charge in [-0.1, -0.05) is 0 Å². The molecule has 3 atom stereocenters. The first-order chi connectivity index (χ1) is 14.6. The Morgan fingerprint density at radius 1 is 1.33 bits per heavy atom. The maximum absolute atomic E-state index is 13.3. The molecule has 3 saturated heterocycles. The first-order valence-electron chi connectivity index (χ1n) is 10.8. The third-order valence-corrected chi connectivity index (χ3v) is 6.74. The third kappa shape index (κ3) is 3.30. The maximum Gasteiger partial charge on any atom is 0.253 e. The molecule has 1 spiro atoms. The number of nitrogens with zero attached hydrogens (tertiary/aromatic N) is 4. The molecule has 3 fully saturated rings. The molecule has 3 aliphatic heterocycles. The number of ether oxygens (including phenoxy) is 1. The molecule has 0 aliphatic carbocycles. The van der Waals surface area contributed by atoms with E-state index in [1.54, 1.807) is 6.20 Å². The van der Waals surface area contributed by atoms with Gasteiger partial charge in [-0.25, -0.2) is 0 Å². The van der Waals surface area contributed by atoms with Crippen molar-refractivity contribution in [3.05, 3.63) is 36.0 Å². The topological polar surface area (TPSA) is 81.5 Å². The lowest BCUT2D eigenvalue weighted by atomic mass is 9.97. The molecule has 0 saturated carbocycles. The Hall–Kier alpha value is -2.69. The monoisotopic (exact) mass is 405 g/mol. The van der Waals surface area contributed by atoms with Crippen LogP contribution >= 0.6 is 0 Å². The zero-order valence-electron chi connectivity index (χ0n) is 17.3. The number of amides is 1. The van der Waals surface area contributed by atoms with Gasteiger partial charge in [0.05, 0.1) is 23.7 Å². The summed E-state index contributed by atoms with van der Waals surface area (Å²) in [6, 6.07) is 9.89. The number of carbonyl (C=O) groups is 1. The van der Waals surface area contributed by atoms with E-state index in [1.807, 2.05) is 36.1 Å². The van der Waals surface area contributed by atoms with Crippen molar-refractivity contribution in [2.45, 2.75) is 43.9 Å². The molecular formula is C23H27N5O2. The first-order valence-corrected chi connectivity index (χ1v) is 10.8. The van der Waals surface area contributed by atoms with Crippen molar-refractivity contribution in [2.75, 3.05) is 37.6 Å². The Morgan fingerprint density at radius 2 is 2.23 bits per heavy atom. The fourth-order valence-corrected chi connectivity index (χ4v) is 5.29. The van der Waals surface area contributed by atoms with E-state index in [0.29, 0.717) is 24.2 Å². The number of aromatic nitrogens is 1. The van der Waals surface area contributed by atoms with Gasteiger partial charge in [-0.3, -0.25) is 9.78 Å². The van der Waals surface area contributed by atoms with Gasteiger partial charge in [-0.2, -0.15) is 5.26 Å². The Kier molecular flexibility index (Phi) is 4.84.